The van der Waals surface area contributed by atoms with Gasteiger partial charge in [-0.15, -0.1) is 0 Å². The van der Waals surface area contributed by atoms with Crippen molar-refractivity contribution < 1.29 is 58.2 Å². The van der Waals surface area contributed by atoms with E-state index in [1.54, 1.807) is 0 Å². The second-order valence-corrected chi connectivity index (χ2v) is 20.6. The molecule has 448 valence electrons. The maximum absolute atomic E-state index is 13.2. The average molecular weight is 1110 g/mol. The maximum Gasteiger partial charge on any atom is 0.335 e. The zero-order chi connectivity index (χ0) is 57.5. The highest BCUT2D eigenvalue weighted by Crippen LogP contribution is 2.26. The Labute approximate surface area is 478 Å². The number of carbonyl (C=O) groups excluding carboxylic acids is 3. The third-order valence-electron chi connectivity index (χ3n) is 13.3. The SMILES string of the molecule is CC/C=C\C/C=C\C/C=C\C/C=C\C/C=C\CCCC(=O)OC1C(OCC(COC(=O)CCCCCCCC/C=C\C/C=C\C/C=C\C/C=C\CC)OC(=O)CCCCCCCCCCCCCCC)OC(C(=O)O)C(O)C1O. The van der Waals surface area contributed by atoms with Crippen molar-refractivity contribution in [2.75, 3.05) is 13.2 Å². The number of allylic oxidation sites excluding steroid dienone is 18. The average Bonchev–Trinajstić information content (AvgIpc) is 3.46. The number of carboxylic acids is 1. The van der Waals surface area contributed by atoms with E-state index in [-0.39, 0.29) is 25.9 Å². The van der Waals surface area contributed by atoms with E-state index in [9.17, 15) is 34.5 Å². The zero-order valence-corrected chi connectivity index (χ0v) is 49.3. The van der Waals surface area contributed by atoms with Gasteiger partial charge in [0, 0.05) is 19.3 Å². The Balaban J connectivity index is 2.71. The van der Waals surface area contributed by atoms with Crippen LogP contribution < -0.4 is 0 Å². The van der Waals surface area contributed by atoms with Crippen LogP contribution >= 0.6 is 0 Å². The van der Waals surface area contributed by atoms with E-state index in [1.807, 2.05) is 12.2 Å². The van der Waals surface area contributed by atoms with Crippen molar-refractivity contribution in [3.8, 4) is 0 Å². The van der Waals surface area contributed by atoms with Crippen molar-refractivity contribution in [3.05, 3.63) is 109 Å². The van der Waals surface area contributed by atoms with Crippen LogP contribution in [0.5, 0.6) is 0 Å². The molecule has 0 bridgehead atoms. The minimum atomic E-state index is -1.93. The first-order chi connectivity index (χ1) is 38.6. The van der Waals surface area contributed by atoms with Gasteiger partial charge in [0.15, 0.2) is 24.6 Å². The quantitative estimate of drug-likeness (QED) is 0.0228. The fraction of sp³-hybridized carbons (Fsp3) is 0.672. The van der Waals surface area contributed by atoms with Crippen LogP contribution in [-0.4, -0.2) is 89.2 Å². The van der Waals surface area contributed by atoms with Crippen molar-refractivity contribution in [3.63, 3.8) is 0 Å². The Morgan fingerprint density at radius 1 is 0.430 bits per heavy atom. The van der Waals surface area contributed by atoms with Gasteiger partial charge in [-0.3, -0.25) is 14.4 Å². The lowest BCUT2D eigenvalue weighted by atomic mass is 9.98. The van der Waals surface area contributed by atoms with Crippen molar-refractivity contribution in [2.45, 2.75) is 276 Å². The highest BCUT2D eigenvalue weighted by Gasteiger charge is 2.50. The van der Waals surface area contributed by atoms with Gasteiger partial charge >= 0.3 is 23.9 Å². The molecule has 0 amide bonds. The van der Waals surface area contributed by atoms with E-state index >= 15 is 0 Å². The summed E-state index contributed by atoms with van der Waals surface area (Å²) in [7, 11) is 0. The predicted octanol–water partition coefficient (Wildman–Crippen LogP) is 16.2. The number of aliphatic carboxylic acids is 1. The lowest BCUT2D eigenvalue weighted by Gasteiger charge is -2.40. The molecule has 0 spiro atoms. The molecule has 12 nitrogen and oxygen atoms in total. The molecule has 1 heterocycles. The number of carbonyl (C=O) groups is 4. The summed E-state index contributed by atoms with van der Waals surface area (Å²) in [4.78, 5) is 51.2. The normalized spacial score (nSPS) is 18.6. The predicted molar refractivity (Wildman–Crippen MR) is 321 cm³/mol. The number of rotatable bonds is 51. The van der Waals surface area contributed by atoms with Gasteiger partial charge in [0.1, 0.15) is 18.8 Å². The first kappa shape index (κ1) is 72.4. The molecule has 1 aliphatic heterocycles. The third-order valence-corrected chi connectivity index (χ3v) is 13.3. The summed E-state index contributed by atoms with van der Waals surface area (Å²) >= 11 is 0. The second-order valence-electron chi connectivity index (χ2n) is 20.6. The fourth-order valence-corrected chi connectivity index (χ4v) is 8.69. The summed E-state index contributed by atoms with van der Waals surface area (Å²) in [5.74, 6) is -3.22. The summed E-state index contributed by atoms with van der Waals surface area (Å²) in [5, 5.41) is 31.5. The van der Waals surface area contributed by atoms with Crippen molar-refractivity contribution in [2.24, 2.45) is 0 Å². The minimum absolute atomic E-state index is 0.0230. The molecule has 0 aromatic rings. The second kappa shape index (κ2) is 54.0. The molecule has 1 rings (SSSR count). The Morgan fingerprint density at radius 3 is 1.25 bits per heavy atom. The van der Waals surface area contributed by atoms with Crippen LogP contribution in [0.3, 0.4) is 0 Å². The van der Waals surface area contributed by atoms with Crippen molar-refractivity contribution in [1.82, 2.24) is 0 Å². The number of unbranched alkanes of at least 4 members (excludes halogenated alkanes) is 19. The summed E-state index contributed by atoms with van der Waals surface area (Å²) < 4.78 is 28.4. The van der Waals surface area contributed by atoms with E-state index in [1.165, 1.54) is 57.8 Å². The zero-order valence-electron chi connectivity index (χ0n) is 49.3. The molecule has 1 fully saturated rings. The Bertz CT molecular complexity index is 1790. The molecule has 0 saturated carbocycles. The molecule has 1 saturated heterocycles. The van der Waals surface area contributed by atoms with Gasteiger partial charge < -0.3 is 39.0 Å². The Hall–Kier alpha value is -4.62. The molecule has 0 radical (unpaired) electrons. The summed E-state index contributed by atoms with van der Waals surface area (Å²) in [6.45, 7) is 5.73. The van der Waals surface area contributed by atoms with Crippen molar-refractivity contribution in [1.29, 1.82) is 0 Å². The minimum Gasteiger partial charge on any atom is -0.479 e. The first-order valence-corrected chi connectivity index (χ1v) is 30.9. The number of aliphatic hydroxyl groups is 2. The highest BCUT2D eigenvalue weighted by atomic mass is 16.7. The van der Waals surface area contributed by atoms with E-state index in [4.69, 9.17) is 23.7 Å². The molecular formula is C67H108O12. The number of aliphatic hydroxyl groups excluding tert-OH is 2. The van der Waals surface area contributed by atoms with Gasteiger partial charge in [-0.05, 0) is 96.3 Å². The molecule has 0 aromatic carbocycles. The van der Waals surface area contributed by atoms with Crippen LogP contribution in [0.1, 0.15) is 239 Å². The standard InChI is InChI=1S/C67H108O12/c1-4-7-10-13-16-19-22-25-27-29-30-32-33-36-38-41-44-47-50-53-59(68)75-56-58(77-60(69)54-51-48-45-42-39-35-24-21-18-15-12-9-6-3)57-76-67-65(63(72)62(71)64(79-67)66(73)74)78-61(70)55-52-49-46-43-40-37-34-31-28-26-23-20-17-14-11-8-5-2/h7-8,10-11,16-17,19-20,25-28,30,32,34,37,43,46,58,62-65,67,71-72H,4-6,9,12-15,18,21-24,29,31,33,35-36,38-42,44-45,47-57H2,1-3H3,(H,73,74)/b10-7-,11-8-,19-16-,20-17-,27-25-,28-26-,32-30-,37-34-,46-43-. The molecule has 0 aromatic heterocycles. The van der Waals surface area contributed by atoms with Crippen LogP contribution in [0.25, 0.3) is 0 Å². The summed E-state index contributed by atoms with van der Waals surface area (Å²) in [6.07, 6.45) is 60.5. The summed E-state index contributed by atoms with van der Waals surface area (Å²) in [6, 6.07) is 0. The van der Waals surface area contributed by atoms with Crippen LogP contribution in [0.4, 0.5) is 0 Å². The molecular weight excluding hydrogens is 997 g/mol. The van der Waals surface area contributed by atoms with Crippen LogP contribution in [0.15, 0.2) is 109 Å². The van der Waals surface area contributed by atoms with Crippen molar-refractivity contribution >= 4 is 23.9 Å². The maximum atomic E-state index is 13.2. The number of esters is 3. The number of hydrogen-bond donors (Lipinski definition) is 3. The first-order valence-electron chi connectivity index (χ1n) is 30.9. The highest BCUT2D eigenvalue weighted by molar-refractivity contribution is 5.74. The molecule has 0 aliphatic carbocycles. The number of carboxylic acid groups (broad SMARTS) is 1. The van der Waals surface area contributed by atoms with E-state index in [2.05, 4.69) is 118 Å². The molecule has 3 N–H and O–H groups in total. The van der Waals surface area contributed by atoms with Gasteiger partial charge in [0.05, 0.1) is 6.61 Å². The summed E-state index contributed by atoms with van der Waals surface area (Å²) in [5.41, 5.74) is 0. The molecule has 12 heteroatoms. The van der Waals surface area contributed by atoms with Crippen LogP contribution in [-0.2, 0) is 42.9 Å². The molecule has 6 unspecified atom stereocenters. The van der Waals surface area contributed by atoms with Gasteiger partial charge in [-0.1, -0.05) is 233 Å². The fourth-order valence-electron chi connectivity index (χ4n) is 8.69. The monoisotopic (exact) mass is 1100 g/mol. The molecule has 6 atom stereocenters. The van der Waals surface area contributed by atoms with Gasteiger partial charge in [-0.25, -0.2) is 4.79 Å². The van der Waals surface area contributed by atoms with Gasteiger partial charge in [0.2, 0.25) is 0 Å². The van der Waals surface area contributed by atoms with Crippen LogP contribution in [0, 0.1) is 0 Å². The Kier molecular flexibility index (Phi) is 49.5. The molecule has 1 aliphatic rings. The van der Waals surface area contributed by atoms with E-state index in [0.29, 0.717) is 25.7 Å². The largest absolute Gasteiger partial charge is 0.479 e. The van der Waals surface area contributed by atoms with Gasteiger partial charge in [0.25, 0.3) is 0 Å². The van der Waals surface area contributed by atoms with E-state index in [0.717, 1.165) is 116 Å². The smallest absolute Gasteiger partial charge is 0.335 e. The lowest BCUT2D eigenvalue weighted by molar-refractivity contribution is -0.301. The Morgan fingerprint density at radius 2 is 0.810 bits per heavy atom. The topological polar surface area (TPSA) is 175 Å². The third kappa shape index (κ3) is 43.8. The number of hydrogen-bond acceptors (Lipinski definition) is 11. The van der Waals surface area contributed by atoms with E-state index < -0.39 is 67.3 Å². The molecule has 79 heavy (non-hydrogen) atoms. The van der Waals surface area contributed by atoms with Gasteiger partial charge in [-0.2, -0.15) is 0 Å². The lowest BCUT2D eigenvalue weighted by Crippen LogP contribution is -2.61. The number of ether oxygens (including phenoxy) is 5. The van der Waals surface area contributed by atoms with Crippen LogP contribution in [0.2, 0.25) is 0 Å².